The Morgan fingerprint density at radius 2 is 2.20 bits per heavy atom. The van der Waals surface area contributed by atoms with Crippen LogP contribution in [0.2, 0.25) is 0 Å². The lowest BCUT2D eigenvalue weighted by molar-refractivity contribution is -0.121. The minimum Gasteiger partial charge on any atom is -0.411 e. The summed E-state index contributed by atoms with van der Waals surface area (Å²) in [5, 5.41) is 18.6. The Kier molecular flexibility index (Phi) is 5.39. The van der Waals surface area contributed by atoms with Crippen molar-refractivity contribution in [2.75, 3.05) is 25.1 Å². The van der Waals surface area contributed by atoms with E-state index in [9.17, 15) is 4.79 Å². The molecule has 8 nitrogen and oxygen atoms in total. The summed E-state index contributed by atoms with van der Waals surface area (Å²) in [7, 11) is 0. The van der Waals surface area contributed by atoms with E-state index in [-0.39, 0.29) is 11.9 Å². The zero-order valence-electron chi connectivity index (χ0n) is 14.8. The van der Waals surface area contributed by atoms with Gasteiger partial charge < -0.3 is 14.5 Å². The molecule has 1 aromatic rings. The number of carbonyl (C=O) groups is 1. The molecule has 8 heteroatoms. The average molecular weight is 350 g/mol. The highest BCUT2D eigenvalue weighted by atomic mass is 16.5. The summed E-state index contributed by atoms with van der Waals surface area (Å²) in [5.41, 5.74) is 0.0104. The van der Waals surface area contributed by atoms with E-state index in [2.05, 4.69) is 20.5 Å². The van der Waals surface area contributed by atoms with Crippen molar-refractivity contribution in [3.8, 4) is 0 Å². The predicted octanol–water partition coefficient (Wildman–Crippen LogP) is 1.99. The molecule has 2 aliphatic heterocycles. The van der Waals surface area contributed by atoms with Gasteiger partial charge in [0.2, 0.25) is 11.8 Å². The van der Waals surface area contributed by atoms with Crippen LogP contribution in [0.15, 0.2) is 15.7 Å². The van der Waals surface area contributed by atoms with Gasteiger partial charge in [0.15, 0.2) is 0 Å². The van der Waals surface area contributed by atoms with Crippen LogP contribution in [0.4, 0.5) is 5.88 Å². The van der Waals surface area contributed by atoms with Crippen LogP contribution >= 0.6 is 0 Å². The third-order valence-corrected chi connectivity index (χ3v) is 5.05. The fraction of sp³-hybridized carbons (Fsp3) is 0.706. The summed E-state index contributed by atoms with van der Waals surface area (Å²) in [6.45, 7) is 6.18. The summed E-state index contributed by atoms with van der Waals surface area (Å²) in [6, 6.07) is 1.95. The van der Waals surface area contributed by atoms with Gasteiger partial charge in [-0.15, -0.1) is 5.16 Å². The molecule has 1 unspecified atom stereocenters. The largest absolute Gasteiger partial charge is 0.411 e. The van der Waals surface area contributed by atoms with Crippen molar-refractivity contribution in [2.24, 2.45) is 5.16 Å². The van der Waals surface area contributed by atoms with Crippen molar-refractivity contribution in [3.63, 3.8) is 0 Å². The number of carbonyl (C=O) groups excluding carboxylic acids is 1. The first kappa shape index (κ1) is 17.9. The molecule has 3 rings (SSSR count). The van der Waals surface area contributed by atoms with Crippen molar-refractivity contribution in [1.29, 1.82) is 0 Å². The summed E-state index contributed by atoms with van der Waals surface area (Å²) < 4.78 is 10.7. The van der Waals surface area contributed by atoms with Gasteiger partial charge in [-0.2, -0.15) is 0 Å². The molecule has 0 radical (unpaired) electrons. The van der Waals surface area contributed by atoms with Gasteiger partial charge >= 0.3 is 0 Å². The van der Waals surface area contributed by atoms with Gasteiger partial charge in [-0.3, -0.25) is 15.0 Å². The topological polar surface area (TPSA) is 100 Å². The zero-order chi connectivity index (χ0) is 17.9. The SMILES string of the molecule is CC(C)(/C=N/O)c1cc(NC(=O)C2CCCN2C2CCOCC2)on1. The first-order valence-electron chi connectivity index (χ1n) is 8.81. The van der Waals surface area contributed by atoms with E-state index in [0.29, 0.717) is 17.6 Å². The monoisotopic (exact) mass is 350 g/mol. The van der Waals surface area contributed by atoms with E-state index < -0.39 is 5.41 Å². The van der Waals surface area contributed by atoms with Crippen molar-refractivity contribution in [1.82, 2.24) is 10.1 Å². The molecule has 1 atom stereocenters. The standard InChI is InChI=1S/C17H26N4O4/c1-17(2,11-18-23)14-10-15(25-20-14)19-16(22)13-4-3-7-21(13)12-5-8-24-9-6-12/h10-13,23H,3-9H2,1-2H3,(H,19,22)/b18-11+. The van der Waals surface area contributed by atoms with E-state index in [0.717, 1.165) is 45.4 Å². The maximum Gasteiger partial charge on any atom is 0.244 e. The van der Waals surface area contributed by atoms with Crippen LogP contribution in [0, 0.1) is 0 Å². The number of likely N-dealkylation sites (tertiary alicyclic amines) is 1. The molecule has 2 fully saturated rings. The molecule has 138 valence electrons. The minimum absolute atomic E-state index is 0.0553. The maximum absolute atomic E-state index is 12.7. The summed E-state index contributed by atoms with van der Waals surface area (Å²) in [5.74, 6) is 0.263. The van der Waals surface area contributed by atoms with Crippen LogP contribution in [0.3, 0.4) is 0 Å². The number of nitrogens with zero attached hydrogens (tertiary/aromatic N) is 3. The molecule has 3 heterocycles. The van der Waals surface area contributed by atoms with Crippen LogP contribution in [-0.4, -0.2) is 59.2 Å². The number of anilines is 1. The number of aromatic nitrogens is 1. The highest BCUT2D eigenvalue weighted by molar-refractivity contribution is 5.94. The van der Waals surface area contributed by atoms with Crippen molar-refractivity contribution in [2.45, 2.75) is 57.0 Å². The molecular formula is C17H26N4O4. The van der Waals surface area contributed by atoms with Crippen LogP contribution in [0.1, 0.15) is 45.2 Å². The first-order valence-corrected chi connectivity index (χ1v) is 8.81. The van der Waals surface area contributed by atoms with Gasteiger partial charge in [-0.05, 0) is 46.1 Å². The molecule has 0 bridgehead atoms. The Morgan fingerprint density at radius 3 is 2.92 bits per heavy atom. The molecule has 1 amide bonds. The normalized spacial score (nSPS) is 23.4. The second kappa shape index (κ2) is 7.53. The molecule has 0 aliphatic carbocycles. The zero-order valence-corrected chi connectivity index (χ0v) is 14.8. The van der Waals surface area contributed by atoms with Crippen LogP contribution in [0.5, 0.6) is 0 Å². The summed E-state index contributed by atoms with van der Waals surface area (Å²) in [6.07, 6.45) is 5.21. The van der Waals surface area contributed by atoms with E-state index in [1.807, 2.05) is 13.8 Å². The minimum atomic E-state index is -0.581. The Hall–Kier alpha value is -1.93. The molecule has 2 N–H and O–H groups in total. The van der Waals surface area contributed by atoms with Gasteiger partial charge in [-0.25, -0.2) is 0 Å². The number of nitrogens with one attached hydrogen (secondary N) is 1. The third-order valence-electron chi connectivity index (χ3n) is 5.05. The Bertz CT molecular complexity index is 622. The second-order valence-electron chi connectivity index (χ2n) is 7.27. The van der Waals surface area contributed by atoms with Crippen LogP contribution in [0.25, 0.3) is 0 Å². The van der Waals surface area contributed by atoms with Crippen LogP contribution < -0.4 is 5.32 Å². The molecule has 0 aromatic carbocycles. The number of oxime groups is 1. The smallest absolute Gasteiger partial charge is 0.244 e. The van der Waals surface area contributed by atoms with Gasteiger partial charge in [0, 0.05) is 30.7 Å². The van der Waals surface area contributed by atoms with Crippen molar-refractivity contribution >= 4 is 18.0 Å². The Labute approximate surface area is 147 Å². The Morgan fingerprint density at radius 1 is 1.44 bits per heavy atom. The molecule has 2 saturated heterocycles. The number of amides is 1. The van der Waals surface area contributed by atoms with Gasteiger partial charge in [0.25, 0.3) is 0 Å². The number of hydrogen-bond donors (Lipinski definition) is 2. The molecular weight excluding hydrogens is 324 g/mol. The predicted molar refractivity (Wildman–Crippen MR) is 92.0 cm³/mol. The van der Waals surface area contributed by atoms with Gasteiger partial charge in [0.1, 0.15) is 0 Å². The highest BCUT2D eigenvalue weighted by Gasteiger charge is 2.36. The number of rotatable bonds is 5. The van der Waals surface area contributed by atoms with Crippen LogP contribution in [-0.2, 0) is 14.9 Å². The van der Waals surface area contributed by atoms with E-state index in [4.69, 9.17) is 14.5 Å². The molecule has 25 heavy (non-hydrogen) atoms. The molecule has 2 aliphatic rings. The fourth-order valence-corrected chi connectivity index (χ4v) is 3.58. The lowest BCUT2D eigenvalue weighted by Gasteiger charge is -2.34. The quantitative estimate of drug-likeness (QED) is 0.478. The van der Waals surface area contributed by atoms with E-state index in [1.165, 1.54) is 6.21 Å². The molecule has 1 aromatic heterocycles. The van der Waals surface area contributed by atoms with Crippen molar-refractivity contribution < 1.29 is 19.3 Å². The first-order chi connectivity index (χ1) is 12.0. The van der Waals surface area contributed by atoms with Gasteiger partial charge in [-0.1, -0.05) is 5.16 Å². The van der Waals surface area contributed by atoms with Gasteiger partial charge in [0.05, 0.1) is 18.0 Å². The van der Waals surface area contributed by atoms with E-state index >= 15 is 0 Å². The number of hydrogen-bond acceptors (Lipinski definition) is 7. The maximum atomic E-state index is 12.7. The fourth-order valence-electron chi connectivity index (χ4n) is 3.58. The van der Waals surface area contributed by atoms with Crippen molar-refractivity contribution in [3.05, 3.63) is 11.8 Å². The lowest BCUT2D eigenvalue weighted by atomic mass is 9.91. The second-order valence-corrected chi connectivity index (χ2v) is 7.27. The lowest BCUT2D eigenvalue weighted by Crippen LogP contribution is -2.47. The average Bonchev–Trinajstić information content (AvgIpc) is 3.25. The Balaban J connectivity index is 1.64. The molecule has 0 spiro atoms. The van der Waals surface area contributed by atoms with E-state index in [1.54, 1.807) is 6.07 Å². The molecule has 0 saturated carbocycles. The highest BCUT2D eigenvalue weighted by Crippen LogP contribution is 2.27. The summed E-state index contributed by atoms with van der Waals surface area (Å²) in [4.78, 5) is 15.0. The summed E-state index contributed by atoms with van der Waals surface area (Å²) >= 11 is 0. The number of ether oxygens (including phenoxy) is 1. The third kappa shape index (κ3) is 4.01.